The molecule has 0 saturated heterocycles. The molecule has 138 valence electrons. The van der Waals surface area contributed by atoms with Gasteiger partial charge in [-0.25, -0.2) is 4.79 Å². The maximum Gasteiger partial charge on any atom is 0.343 e. The van der Waals surface area contributed by atoms with Gasteiger partial charge in [-0.3, -0.25) is 0 Å². The number of aromatic carboxylic acids is 1. The maximum absolute atomic E-state index is 11.9. The van der Waals surface area contributed by atoms with Crippen molar-refractivity contribution in [1.82, 2.24) is 0 Å². The largest absolute Gasteiger partial charge is 0.496 e. The highest BCUT2D eigenvalue weighted by atomic mass is 16.5. The Morgan fingerprint density at radius 2 is 1.26 bits per heavy atom. The molecular weight excluding hydrogens is 344 g/mol. The lowest BCUT2D eigenvalue weighted by molar-refractivity contribution is 0.0686. The first kappa shape index (κ1) is 18.3. The Labute approximate surface area is 157 Å². The Morgan fingerprint density at radius 3 is 1.63 bits per heavy atom. The van der Waals surface area contributed by atoms with Crippen molar-refractivity contribution in [2.24, 2.45) is 0 Å². The minimum atomic E-state index is -1.12. The predicted octanol–water partition coefficient (Wildman–Crippen LogP) is 4.55. The SMILES string of the molecule is COc1cc(OCc2ccccc2)c(C(=O)O)c(OCc2ccccc2)c1. The van der Waals surface area contributed by atoms with E-state index in [0.29, 0.717) is 5.75 Å². The first-order valence-corrected chi connectivity index (χ1v) is 8.46. The van der Waals surface area contributed by atoms with E-state index in [1.54, 1.807) is 12.1 Å². The average molecular weight is 364 g/mol. The molecule has 0 radical (unpaired) electrons. The molecule has 5 heteroatoms. The summed E-state index contributed by atoms with van der Waals surface area (Å²) in [6.07, 6.45) is 0. The van der Waals surface area contributed by atoms with E-state index in [2.05, 4.69) is 0 Å². The van der Waals surface area contributed by atoms with Crippen LogP contribution in [0, 0.1) is 0 Å². The zero-order valence-electron chi connectivity index (χ0n) is 14.9. The van der Waals surface area contributed by atoms with Crippen molar-refractivity contribution >= 4 is 5.97 Å². The monoisotopic (exact) mass is 364 g/mol. The Balaban J connectivity index is 1.88. The lowest BCUT2D eigenvalue weighted by Crippen LogP contribution is -2.08. The van der Waals surface area contributed by atoms with Gasteiger partial charge in [0.15, 0.2) is 0 Å². The molecule has 3 rings (SSSR count). The molecular formula is C22H20O5. The van der Waals surface area contributed by atoms with Gasteiger partial charge in [0.05, 0.1) is 7.11 Å². The van der Waals surface area contributed by atoms with E-state index in [-0.39, 0.29) is 30.3 Å². The van der Waals surface area contributed by atoms with Crippen LogP contribution in [0.15, 0.2) is 72.8 Å². The summed E-state index contributed by atoms with van der Waals surface area (Å²) >= 11 is 0. The summed E-state index contributed by atoms with van der Waals surface area (Å²) in [6, 6.07) is 22.2. The van der Waals surface area contributed by atoms with E-state index < -0.39 is 5.97 Å². The number of ether oxygens (including phenoxy) is 3. The Morgan fingerprint density at radius 1 is 0.815 bits per heavy atom. The molecule has 0 atom stereocenters. The highest BCUT2D eigenvalue weighted by Gasteiger charge is 2.21. The zero-order chi connectivity index (χ0) is 19.1. The molecule has 3 aromatic carbocycles. The van der Waals surface area contributed by atoms with Crippen molar-refractivity contribution in [3.63, 3.8) is 0 Å². The van der Waals surface area contributed by atoms with Crippen LogP contribution in [0.4, 0.5) is 0 Å². The van der Waals surface area contributed by atoms with E-state index in [1.807, 2.05) is 60.7 Å². The molecule has 27 heavy (non-hydrogen) atoms. The molecule has 0 aromatic heterocycles. The minimum Gasteiger partial charge on any atom is -0.496 e. The van der Waals surface area contributed by atoms with Gasteiger partial charge in [-0.05, 0) is 11.1 Å². The van der Waals surface area contributed by atoms with Gasteiger partial charge in [-0.2, -0.15) is 0 Å². The second-order valence-electron chi connectivity index (χ2n) is 5.85. The van der Waals surface area contributed by atoms with Crippen molar-refractivity contribution in [3.05, 3.63) is 89.5 Å². The summed E-state index contributed by atoms with van der Waals surface area (Å²) in [5.41, 5.74) is 1.84. The quantitative estimate of drug-likeness (QED) is 0.635. The smallest absolute Gasteiger partial charge is 0.343 e. The number of methoxy groups -OCH3 is 1. The fourth-order valence-electron chi connectivity index (χ4n) is 2.59. The first-order chi connectivity index (χ1) is 13.2. The molecule has 0 unspecified atom stereocenters. The molecule has 0 bridgehead atoms. The van der Waals surface area contributed by atoms with E-state index >= 15 is 0 Å². The fourth-order valence-corrected chi connectivity index (χ4v) is 2.59. The number of carboxylic acids is 1. The number of carboxylic acid groups (broad SMARTS) is 1. The van der Waals surface area contributed by atoms with Gasteiger partial charge < -0.3 is 19.3 Å². The minimum absolute atomic E-state index is 0.0253. The van der Waals surface area contributed by atoms with Crippen LogP contribution in [0.2, 0.25) is 0 Å². The molecule has 0 spiro atoms. The number of benzene rings is 3. The third-order valence-corrected chi connectivity index (χ3v) is 3.96. The van der Waals surface area contributed by atoms with Gasteiger partial charge in [0.2, 0.25) is 0 Å². The van der Waals surface area contributed by atoms with Crippen molar-refractivity contribution in [2.45, 2.75) is 13.2 Å². The number of hydrogen-bond acceptors (Lipinski definition) is 4. The second-order valence-corrected chi connectivity index (χ2v) is 5.85. The lowest BCUT2D eigenvalue weighted by atomic mass is 10.1. The topological polar surface area (TPSA) is 65.0 Å². The highest BCUT2D eigenvalue weighted by Crippen LogP contribution is 2.35. The number of rotatable bonds is 8. The molecule has 0 fully saturated rings. The lowest BCUT2D eigenvalue weighted by Gasteiger charge is -2.16. The summed E-state index contributed by atoms with van der Waals surface area (Å²) < 4.78 is 16.8. The third kappa shape index (κ3) is 4.79. The molecule has 0 heterocycles. The summed E-state index contributed by atoms with van der Waals surface area (Å²) in [5, 5.41) is 9.70. The van der Waals surface area contributed by atoms with Gasteiger partial charge in [0.1, 0.15) is 36.0 Å². The van der Waals surface area contributed by atoms with Crippen LogP contribution < -0.4 is 14.2 Å². The molecule has 0 aliphatic heterocycles. The Hall–Kier alpha value is -3.47. The van der Waals surface area contributed by atoms with E-state index in [9.17, 15) is 9.90 Å². The summed E-state index contributed by atoms with van der Waals surface area (Å²) in [7, 11) is 1.51. The van der Waals surface area contributed by atoms with Crippen molar-refractivity contribution in [1.29, 1.82) is 0 Å². The van der Waals surface area contributed by atoms with Gasteiger partial charge in [0.25, 0.3) is 0 Å². The standard InChI is InChI=1S/C22H20O5/c1-25-18-12-19(26-14-16-8-4-2-5-9-16)21(22(23)24)20(13-18)27-15-17-10-6-3-7-11-17/h2-13H,14-15H2,1H3,(H,23,24). The van der Waals surface area contributed by atoms with Gasteiger partial charge >= 0.3 is 5.97 Å². The molecule has 3 aromatic rings. The average Bonchev–Trinajstić information content (AvgIpc) is 2.71. The Kier molecular flexibility index (Phi) is 5.94. The van der Waals surface area contributed by atoms with Crippen LogP contribution in [0.5, 0.6) is 17.2 Å². The van der Waals surface area contributed by atoms with Gasteiger partial charge in [-0.15, -0.1) is 0 Å². The third-order valence-electron chi connectivity index (χ3n) is 3.96. The first-order valence-electron chi connectivity index (χ1n) is 8.46. The molecule has 0 aliphatic carbocycles. The summed E-state index contributed by atoms with van der Waals surface area (Å²) in [5.74, 6) is -0.252. The van der Waals surface area contributed by atoms with Crippen LogP contribution in [0.3, 0.4) is 0 Å². The summed E-state index contributed by atoms with van der Waals surface area (Å²) in [4.78, 5) is 11.9. The Bertz CT molecular complexity index is 827. The molecule has 0 saturated carbocycles. The van der Waals surface area contributed by atoms with Crippen LogP contribution in [0.1, 0.15) is 21.5 Å². The van der Waals surface area contributed by atoms with Crippen molar-refractivity contribution in [2.75, 3.05) is 7.11 Å². The number of carbonyl (C=O) groups is 1. The molecule has 1 N–H and O–H groups in total. The fraction of sp³-hybridized carbons (Fsp3) is 0.136. The predicted molar refractivity (Wildman–Crippen MR) is 102 cm³/mol. The van der Waals surface area contributed by atoms with Crippen LogP contribution in [-0.2, 0) is 13.2 Å². The normalized spacial score (nSPS) is 10.3. The molecule has 0 amide bonds. The van der Waals surface area contributed by atoms with Crippen LogP contribution >= 0.6 is 0 Å². The second kappa shape index (κ2) is 8.76. The van der Waals surface area contributed by atoms with E-state index in [0.717, 1.165) is 11.1 Å². The van der Waals surface area contributed by atoms with Gasteiger partial charge in [0, 0.05) is 12.1 Å². The number of hydrogen-bond donors (Lipinski definition) is 1. The maximum atomic E-state index is 11.9. The van der Waals surface area contributed by atoms with Crippen LogP contribution in [0.25, 0.3) is 0 Å². The van der Waals surface area contributed by atoms with Crippen LogP contribution in [-0.4, -0.2) is 18.2 Å². The van der Waals surface area contributed by atoms with E-state index in [1.165, 1.54) is 7.11 Å². The van der Waals surface area contributed by atoms with E-state index in [4.69, 9.17) is 14.2 Å². The summed E-state index contributed by atoms with van der Waals surface area (Å²) in [6.45, 7) is 0.485. The zero-order valence-corrected chi connectivity index (χ0v) is 14.9. The molecule has 5 nitrogen and oxygen atoms in total. The van der Waals surface area contributed by atoms with Crippen molar-refractivity contribution < 1.29 is 24.1 Å². The highest BCUT2D eigenvalue weighted by molar-refractivity contribution is 5.94. The molecule has 0 aliphatic rings. The van der Waals surface area contributed by atoms with Gasteiger partial charge in [-0.1, -0.05) is 60.7 Å². The van der Waals surface area contributed by atoms with Crippen molar-refractivity contribution in [3.8, 4) is 17.2 Å².